The third-order valence-electron chi connectivity index (χ3n) is 2.23. The van der Waals surface area contributed by atoms with Gasteiger partial charge in [0.1, 0.15) is 11.5 Å². The van der Waals surface area contributed by atoms with Crippen LogP contribution in [0.1, 0.15) is 5.56 Å². The van der Waals surface area contributed by atoms with Crippen LogP contribution in [0.3, 0.4) is 0 Å². The first-order valence-corrected chi connectivity index (χ1v) is 5.81. The minimum atomic E-state index is 0.235. The smallest absolute Gasteiger partial charge is 0.129 e. The summed E-state index contributed by atoms with van der Waals surface area (Å²) in [6, 6.07) is 12.5. The highest BCUT2D eigenvalue weighted by molar-refractivity contribution is 6.42. The van der Waals surface area contributed by atoms with Crippen LogP contribution in [0.4, 0.5) is 0 Å². The molecule has 0 bridgehead atoms. The SMILES string of the molecule is [NH]Cc1cccc(Oc2ccc(Cl)c(Cl)c2)c1. The Morgan fingerprint density at radius 3 is 2.41 bits per heavy atom. The first-order chi connectivity index (χ1) is 8.19. The molecule has 0 aliphatic carbocycles. The third kappa shape index (κ3) is 3.13. The maximum atomic E-state index is 7.29. The molecule has 0 spiro atoms. The number of halogens is 2. The minimum absolute atomic E-state index is 0.235. The van der Waals surface area contributed by atoms with Crippen molar-refractivity contribution in [3.8, 4) is 11.5 Å². The molecular weight excluding hydrogens is 257 g/mol. The van der Waals surface area contributed by atoms with Gasteiger partial charge in [0.25, 0.3) is 0 Å². The molecule has 0 unspecified atom stereocenters. The van der Waals surface area contributed by atoms with Crippen LogP contribution < -0.4 is 10.5 Å². The van der Waals surface area contributed by atoms with E-state index in [2.05, 4.69) is 0 Å². The van der Waals surface area contributed by atoms with Gasteiger partial charge in [-0.1, -0.05) is 35.3 Å². The summed E-state index contributed by atoms with van der Waals surface area (Å²) in [6.45, 7) is 0.235. The first-order valence-electron chi connectivity index (χ1n) is 5.05. The molecule has 2 aromatic carbocycles. The van der Waals surface area contributed by atoms with E-state index in [0.29, 0.717) is 21.5 Å². The molecule has 0 saturated carbocycles. The fourth-order valence-corrected chi connectivity index (χ4v) is 1.68. The Labute approximate surface area is 110 Å². The molecule has 0 atom stereocenters. The number of benzene rings is 2. The van der Waals surface area contributed by atoms with Crippen LogP contribution in [0.5, 0.6) is 11.5 Å². The van der Waals surface area contributed by atoms with Crippen molar-refractivity contribution in [3.05, 3.63) is 58.1 Å². The zero-order valence-electron chi connectivity index (χ0n) is 8.91. The van der Waals surface area contributed by atoms with Gasteiger partial charge < -0.3 is 4.74 Å². The standard InChI is InChI=1S/C13H10Cl2NO/c14-12-5-4-11(7-13(12)15)17-10-3-1-2-9(6-10)8-16/h1-7,16H,8H2. The number of ether oxygens (including phenoxy) is 1. The maximum Gasteiger partial charge on any atom is 0.129 e. The molecule has 0 saturated heterocycles. The molecule has 2 nitrogen and oxygen atoms in total. The van der Waals surface area contributed by atoms with E-state index in [1.165, 1.54) is 0 Å². The molecule has 0 fully saturated rings. The average Bonchev–Trinajstić information content (AvgIpc) is 2.34. The van der Waals surface area contributed by atoms with E-state index in [-0.39, 0.29) is 6.54 Å². The lowest BCUT2D eigenvalue weighted by Gasteiger charge is -2.07. The van der Waals surface area contributed by atoms with Crippen molar-refractivity contribution >= 4 is 23.2 Å². The van der Waals surface area contributed by atoms with Gasteiger partial charge >= 0.3 is 0 Å². The summed E-state index contributed by atoms with van der Waals surface area (Å²) in [6.07, 6.45) is 0. The Hall–Kier alpha value is -1.22. The molecule has 0 aliphatic heterocycles. The predicted molar refractivity (Wildman–Crippen MR) is 69.8 cm³/mol. The Bertz CT molecular complexity index is 529. The maximum absolute atomic E-state index is 7.29. The van der Waals surface area contributed by atoms with Crippen molar-refractivity contribution < 1.29 is 4.74 Å². The van der Waals surface area contributed by atoms with Crippen molar-refractivity contribution in [2.75, 3.05) is 0 Å². The normalized spacial score (nSPS) is 10.3. The quantitative estimate of drug-likeness (QED) is 0.801. The topological polar surface area (TPSA) is 33.0 Å². The van der Waals surface area contributed by atoms with Gasteiger partial charge in [-0.2, -0.15) is 0 Å². The van der Waals surface area contributed by atoms with Crippen molar-refractivity contribution in [2.24, 2.45) is 0 Å². The van der Waals surface area contributed by atoms with Crippen molar-refractivity contribution in [2.45, 2.75) is 6.54 Å². The number of hydrogen-bond acceptors (Lipinski definition) is 1. The van der Waals surface area contributed by atoms with E-state index in [1.807, 2.05) is 24.3 Å². The Kier molecular flexibility index (Phi) is 3.89. The van der Waals surface area contributed by atoms with Gasteiger partial charge in [0, 0.05) is 12.6 Å². The molecular formula is C13H10Cl2NO. The third-order valence-corrected chi connectivity index (χ3v) is 2.97. The molecule has 0 amide bonds. The van der Waals surface area contributed by atoms with Crippen LogP contribution >= 0.6 is 23.2 Å². The van der Waals surface area contributed by atoms with E-state index in [1.54, 1.807) is 18.2 Å². The molecule has 4 heteroatoms. The monoisotopic (exact) mass is 266 g/mol. The second-order valence-corrected chi connectivity index (χ2v) is 4.32. The molecule has 2 aromatic rings. The van der Waals surface area contributed by atoms with Crippen molar-refractivity contribution in [3.63, 3.8) is 0 Å². The molecule has 0 aliphatic rings. The average molecular weight is 267 g/mol. The number of nitrogens with one attached hydrogen (secondary N) is 1. The lowest BCUT2D eigenvalue weighted by molar-refractivity contribution is 0.482. The molecule has 2 rings (SSSR count). The summed E-state index contributed by atoms with van der Waals surface area (Å²) in [7, 11) is 0. The number of rotatable bonds is 3. The van der Waals surface area contributed by atoms with Gasteiger partial charge in [0.2, 0.25) is 0 Å². The number of hydrogen-bond donors (Lipinski definition) is 0. The lowest BCUT2D eigenvalue weighted by Crippen LogP contribution is -1.88. The molecule has 17 heavy (non-hydrogen) atoms. The van der Waals surface area contributed by atoms with Crippen molar-refractivity contribution in [1.82, 2.24) is 5.73 Å². The highest BCUT2D eigenvalue weighted by Gasteiger charge is 2.02. The fraction of sp³-hybridized carbons (Fsp3) is 0.0769. The van der Waals surface area contributed by atoms with Gasteiger partial charge in [-0.25, -0.2) is 0 Å². The van der Waals surface area contributed by atoms with Crippen LogP contribution in [0.15, 0.2) is 42.5 Å². The van der Waals surface area contributed by atoms with Gasteiger partial charge in [-0.15, -0.1) is 0 Å². The van der Waals surface area contributed by atoms with E-state index < -0.39 is 0 Å². The van der Waals surface area contributed by atoms with Crippen LogP contribution in [-0.4, -0.2) is 0 Å². The van der Waals surface area contributed by atoms with Crippen LogP contribution in [0.2, 0.25) is 10.0 Å². The van der Waals surface area contributed by atoms with E-state index in [9.17, 15) is 0 Å². The van der Waals surface area contributed by atoms with E-state index >= 15 is 0 Å². The molecule has 0 aromatic heterocycles. The summed E-state index contributed by atoms with van der Waals surface area (Å²) < 4.78 is 5.63. The Balaban J connectivity index is 2.22. The molecule has 1 N–H and O–H groups in total. The largest absolute Gasteiger partial charge is 0.457 e. The fourth-order valence-electron chi connectivity index (χ4n) is 1.40. The second-order valence-electron chi connectivity index (χ2n) is 3.50. The highest BCUT2D eigenvalue weighted by atomic mass is 35.5. The second kappa shape index (κ2) is 5.41. The van der Waals surface area contributed by atoms with Crippen LogP contribution in [-0.2, 0) is 6.54 Å². The summed E-state index contributed by atoms with van der Waals surface area (Å²) >= 11 is 11.7. The van der Waals surface area contributed by atoms with Gasteiger partial charge in [-0.05, 0) is 29.8 Å². The summed E-state index contributed by atoms with van der Waals surface area (Å²) in [5.41, 5.74) is 8.19. The predicted octanol–water partition coefficient (Wildman–Crippen LogP) is 4.57. The van der Waals surface area contributed by atoms with Gasteiger partial charge in [-0.3, -0.25) is 5.73 Å². The van der Waals surface area contributed by atoms with Gasteiger partial charge in [0.05, 0.1) is 10.0 Å². The highest BCUT2D eigenvalue weighted by Crippen LogP contribution is 2.29. The molecule has 0 heterocycles. The molecule has 87 valence electrons. The van der Waals surface area contributed by atoms with E-state index in [4.69, 9.17) is 33.7 Å². The van der Waals surface area contributed by atoms with Crippen molar-refractivity contribution in [1.29, 1.82) is 0 Å². The molecule has 1 radical (unpaired) electrons. The van der Waals surface area contributed by atoms with E-state index in [0.717, 1.165) is 5.56 Å². The zero-order valence-corrected chi connectivity index (χ0v) is 10.4. The minimum Gasteiger partial charge on any atom is -0.457 e. The summed E-state index contributed by atoms with van der Waals surface area (Å²) in [4.78, 5) is 0. The Morgan fingerprint density at radius 1 is 0.941 bits per heavy atom. The summed E-state index contributed by atoms with van der Waals surface area (Å²) in [5, 5.41) is 0.958. The van der Waals surface area contributed by atoms with Crippen LogP contribution in [0.25, 0.3) is 0 Å². The lowest BCUT2D eigenvalue weighted by atomic mass is 10.2. The Morgan fingerprint density at radius 2 is 1.71 bits per heavy atom. The zero-order chi connectivity index (χ0) is 12.3. The van der Waals surface area contributed by atoms with Crippen LogP contribution in [0, 0.1) is 0 Å². The van der Waals surface area contributed by atoms with Gasteiger partial charge in [0.15, 0.2) is 0 Å². The first kappa shape index (κ1) is 12.2. The summed E-state index contributed by atoms with van der Waals surface area (Å²) in [5.74, 6) is 1.31.